The van der Waals surface area contributed by atoms with Gasteiger partial charge < -0.3 is 5.73 Å². The van der Waals surface area contributed by atoms with Gasteiger partial charge in [0.15, 0.2) is 0 Å². The molecule has 0 bridgehead atoms. The zero-order valence-electron chi connectivity index (χ0n) is 8.22. The maximum atomic E-state index is 5.76. The molecule has 2 nitrogen and oxygen atoms in total. The lowest BCUT2D eigenvalue weighted by Gasteiger charge is -1.89. The van der Waals surface area contributed by atoms with E-state index in [1.54, 1.807) is 0 Å². The van der Waals surface area contributed by atoms with Gasteiger partial charge in [0.25, 0.3) is 0 Å². The molecular formula is C13H11N2+. The number of para-hydroxylation sites is 2. The van der Waals surface area contributed by atoms with E-state index in [1.807, 2.05) is 54.6 Å². The fraction of sp³-hybridized carbons (Fsp3) is 0. The molecule has 0 aliphatic rings. The van der Waals surface area contributed by atoms with Crippen molar-refractivity contribution in [2.75, 3.05) is 5.73 Å². The van der Waals surface area contributed by atoms with Crippen LogP contribution in [0.15, 0.2) is 54.6 Å². The van der Waals surface area contributed by atoms with E-state index in [2.05, 4.69) is 10.9 Å². The summed E-state index contributed by atoms with van der Waals surface area (Å²) in [6.07, 6.45) is 0. The summed E-state index contributed by atoms with van der Waals surface area (Å²) in [7, 11) is 0. The average molecular weight is 195 g/mol. The van der Waals surface area contributed by atoms with E-state index >= 15 is 0 Å². The molecule has 0 amide bonds. The Morgan fingerprint density at radius 2 is 1.53 bits per heavy atom. The highest BCUT2D eigenvalue weighted by Crippen LogP contribution is 2.13. The maximum Gasteiger partial charge on any atom is 0.340 e. The van der Waals surface area contributed by atoms with Crippen molar-refractivity contribution in [2.24, 2.45) is 0 Å². The number of benzene rings is 2. The van der Waals surface area contributed by atoms with Gasteiger partial charge in [0, 0.05) is 12.1 Å². The van der Waals surface area contributed by atoms with E-state index in [4.69, 9.17) is 5.73 Å². The van der Waals surface area contributed by atoms with Crippen LogP contribution >= 0.6 is 0 Å². The molecule has 15 heavy (non-hydrogen) atoms. The molecule has 0 saturated heterocycles. The smallest absolute Gasteiger partial charge is 0.340 e. The quantitative estimate of drug-likeness (QED) is 0.642. The van der Waals surface area contributed by atoms with Gasteiger partial charge in [-0.1, -0.05) is 30.3 Å². The molecule has 0 atom stereocenters. The molecule has 2 aromatic rings. The molecule has 0 unspecified atom stereocenters. The molecule has 0 aliphatic carbocycles. The Morgan fingerprint density at radius 3 is 2.27 bits per heavy atom. The molecule has 2 heteroatoms. The number of anilines is 1. The lowest BCUT2D eigenvalue weighted by Crippen LogP contribution is -1.87. The van der Waals surface area contributed by atoms with Crippen molar-refractivity contribution >= 4 is 11.4 Å². The summed E-state index contributed by atoms with van der Waals surface area (Å²) < 4.78 is 0. The first-order valence-corrected chi connectivity index (χ1v) is 4.72. The zero-order valence-corrected chi connectivity index (χ0v) is 8.22. The first-order valence-electron chi connectivity index (χ1n) is 4.72. The largest absolute Gasteiger partial charge is 0.398 e. The lowest BCUT2D eigenvalue weighted by molar-refractivity contribution is 1.62. The van der Waals surface area contributed by atoms with E-state index in [1.165, 1.54) is 0 Å². The molecule has 72 valence electrons. The fourth-order valence-electron chi connectivity index (χ4n) is 1.23. The Hall–Kier alpha value is -2.27. The van der Waals surface area contributed by atoms with Crippen LogP contribution in [0.2, 0.25) is 0 Å². The normalized spacial score (nSPS) is 9.07. The van der Waals surface area contributed by atoms with Crippen molar-refractivity contribution < 1.29 is 0 Å². The summed E-state index contributed by atoms with van der Waals surface area (Å²) in [6.45, 7) is 0. The number of nitrogens with two attached hydrogens (primary N) is 1. The van der Waals surface area contributed by atoms with Crippen molar-refractivity contribution in [1.82, 2.24) is 0 Å². The van der Waals surface area contributed by atoms with Crippen molar-refractivity contribution in [2.45, 2.75) is 0 Å². The first kappa shape index (κ1) is 9.29. The summed E-state index contributed by atoms with van der Waals surface area (Å²) in [6, 6.07) is 20.1. The van der Waals surface area contributed by atoms with Gasteiger partial charge in [-0.3, -0.25) is 0 Å². The molecule has 0 aliphatic heterocycles. The zero-order chi connectivity index (χ0) is 10.5. The summed E-state index contributed by atoms with van der Waals surface area (Å²) in [4.78, 5) is 4.21. The van der Waals surface area contributed by atoms with Gasteiger partial charge in [0.1, 0.15) is 5.56 Å². The predicted octanol–water partition coefficient (Wildman–Crippen LogP) is 3.28. The minimum Gasteiger partial charge on any atom is -0.398 e. The monoisotopic (exact) mass is 195 g/mol. The van der Waals surface area contributed by atoms with Gasteiger partial charge in [-0.25, -0.2) is 0 Å². The Labute approximate surface area is 88.8 Å². The van der Waals surface area contributed by atoms with E-state index in [9.17, 15) is 0 Å². The van der Waals surface area contributed by atoms with Crippen LogP contribution in [0.25, 0.3) is 4.85 Å². The maximum absolute atomic E-state index is 5.76. The standard InChI is InChI=1S/C13H10N2/c14-13-9-5-4-6-11(13)10-15-12-7-2-1-3-8-12/h1-9,14H/p+1. The second-order valence-electron chi connectivity index (χ2n) is 3.15. The molecular weight excluding hydrogens is 184 g/mol. The highest BCUT2D eigenvalue weighted by atomic mass is 14.7. The third kappa shape index (κ3) is 2.35. The Balaban J connectivity index is 2.31. The molecule has 0 fully saturated rings. The van der Waals surface area contributed by atoms with Gasteiger partial charge in [-0.05, 0) is 17.0 Å². The molecule has 0 radical (unpaired) electrons. The van der Waals surface area contributed by atoms with Gasteiger partial charge in [-0.2, -0.15) is 0 Å². The summed E-state index contributed by atoms with van der Waals surface area (Å²) in [5, 5.41) is 0. The second-order valence-corrected chi connectivity index (χ2v) is 3.15. The topological polar surface area (TPSA) is 30.4 Å². The highest BCUT2D eigenvalue weighted by molar-refractivity contribution is 5.57. The van der Waals surface area contributed by atoms with Crippen molar-refractivity contribution in [3.63, 3.8) is 0 Å². The minimum atomic E-state index is 0.692. The van der Waals surface area contributed by atoms with Gasteiger partial charge >= 0.3 is 11.8 Å². The second kappa shape index (κ2) is 4.30. The van der Waals surface area contributed by atoms with Crippen molar-refractivity contribution in [3.8, 4) is 6.07 Å². The molecule has 0 heterocycles. The number of hydrogen-bond donors (Lipinski definition) is 1. The van der Waals surface area contributed by atoms with Crippen molar-refractivity contribution in [3.05, 3.63) is 65.0 Å². The number of nitrogen functional groups attached to an aromatic ring is 1. The number of hydrogen-bond acceptors (Lipinski definition) is 1. The van der Waals surface area contributed by atoms with Crippen LogP contribution in [0.3, 0.4) is 0 Å². The Bertz CT molecular complexity index is 507. The van der Waals surface area contributed by atoms with Crippen LogP contribution in [-0.4, -0.2) is 0 Å². The third-order valence-corrected chi connectivity index (χ3v) is 2.02. The summed E-state index contributed by atoms with van der Waals surface area (Å²) in [5.74, 6) is 0. The summed E-state index contributed by atoms with van der Waals surface area (Å²) in [5.41, 5.74) is 8.15. The van der Waals surface area contributed by atoms with Gasteiger partial charge in [0.2, 0.25) is 0 Å². The molecule has 2 rings (SSSR count). The average Bonchev–Trinajstić information content (AvgIpc) is 2.29. The van der Waals surface area contributed by atoms with E-state index in [0.717, 1.165) is 11.3 Å². The van der Waals surface area contributed by atoms with E-state index < -0.39 is 0 Å². The molecule has 2 aromatic carbocycles. The molecule has 0 saturated carbocycles. The molecule has 0 aromatic heterocycles. The van der Waals surface area contributed by atoms with Crippen molar-refractivity contribution in [1.29, 1.82) is 0 Å². The number of nitrogens with zero attached hydrogens (tertiary/aromatic N) is 1. The summed E-state index contributed by atoms with van der Waals surface area (Å²) >= 11 is 0. The van der Waals surface area contributed by atoms with E-state index in [-0.39, 0.29) is 0 Å². The first-order chi connectivity index (χ1) is 7.36. The van der Waals surface area contributed by atoms with Crippen LogP contribution in [0.5, 0.6) is 0 Å². The minimum absolute atomic E-state index is 0.692. The number of rotatable bonds is 0. The molecule has 2 N–H and O–H groups in total. The third-order valence-electron chi connectivity index (χ3n) is 2.02. The molecule has 0 spiro atoms. The van der Waals surface area contributed by atoms with Crippen LogP contribution in [0.1, 0.15) is 5.56 Å². The fourth-order valence-corrected chi connectivity index (χ4v) is 1.23. The van der Waals surface area contributed by atoms with Crippen LogP contribution in [0.4, 0.5) is 11.4 Å². The highest BCUT2D eigenvalue weighted by Gasteiger charge is 2.01. The SMILES string of the molecule is Nc1ccccc1C#[N+]c1ccccc1. The Morgan fingerprint density at radius 1 is 0.867 bits per heavy atom. The lowest BCUT2D eigenvalue weighted by atomic mass is 10.2. The van der Waals surface area contributed by atoms with Crippen LogP contribution < -0.4 is 5.73 Å². The van der Waals surface area contributed by atoms with Gasteiger partial charge in [0.05, 0.1) is 5.69 Å². The van der Waals surface area contributed by atoms with E-state index in [0.29, 0.717) is 5.69 Å². The van der Waals surface area contributed by atoms with Crippen LogP contribution in [0, 0.1) is 6.07 Å². The predicted molar refractivity (Wildman–Crippen MR) is 63.3 cm³/mol. The van der Waals surface area contributed by atoms with Gasteiger partial charge in [-0.15, -0.1) is 0 Å². The van der Waals surface area contributed by atoms with Crippen LogP contribution in [-0.2, 0) is 0 Å². The Kier molecular flexibility index (Phi) is 2.66.